The molecule has 0 aliphatic carbocycles. The summed E-state index contributed by atoms with van der Waals surface area (Å²) in [5.74, 6) is 0.0464. The Kier molecular flexibility index (Phi) is 7.92. The van der Waals surface area contributed by atoms with Crippen LogP contribution in [0.15, 0.2) is 11.0 Å². The van der Waals surface area contributed by atoms with E-state index in [1.54, 1.807) is 9.13 Å². The lowest BCUT2D eigenvalue weighted by molar-refractivity contribution is 0.263. The number of aromatic nitrogens is 5. The van der Waals surface area contributed by atoms with Gasteiger partial charge in [-0.2, -0.15) is 9.97 Å². The van der Waals surface area contributed by atoms with Crippen molar-refractivity contribution in [2.45, 2.75) is 53.6 Å². The summed E-state index contributed by atoms with van der Waals surface area (Å²) in [5.41, 5.74) is 9.63. The zero-order valence-electron chi connectivity index (χ0n) is 18.5. The number of halogens is 2. The Morgan fingerprint density at radius 3 is 2.45 bits per heavy atom. The maximum absolute atomic E-state index is 13.5. The van der Waals surface area contributed by atoms with E-state index in [4.69, 9.17) is 17.3 Å². The highest BCUT2D eigenvalue weighted by atomic mass is 127. The first kappa shape index (κ1) is 23.9. The molecule has 3 aromatic heterocycles. The molecule has 31 heavy (non-hydrogen) atoms. The lowest BCUT2D eigenvalue weighted by atomic mass is 10.1. The molecule has 0 atom stereocenters. The lowest BCUT2D eigenvalue weighted by Crippen LogP contribution is -2.33. The highest BCUT2D eigenvalue weighted by Crippen LogP contribution is 2.23. The SMILES string of the molecule is CCCN(CCC)CCn1c(=O)n(Cc2ncc(C)c(I)c2C)c2nc(N)nc(Cl)c21. The first-order valence-electron chi connectivity index (χ1n) is 10.5. The predicted octanol–water partition coefficient (Wildman–Crippen LogP) is 3.62. The van der Waals surface area contributed by atoms with Crippen LogP contribution in [-0.4, -0.2) is 48.6 Å². The van der Waals surface area contributed by atoms with Crippen molar-refractivity contribution in [3.63, 3.8) is 0 Å². The summed E-state index contributed by atoms with van der Waals surface area (Å²) in [7, 11) is 0. The summed E-state index contributed by atoms with van der Waals surface area (Å²) in [6, 6.07) is 0. The summed E-state index contributed by atoms with van der Waals surface area (Å²) in [4.78, 5) is 28.8. The van der Waals surface area contributed by atoms with E-state index in [1.165, 1.54) is 0 Å². The van der Waals surface area contributed by atoms with Gasteiger partial charge in [-0.3, -0.25) is 14.1 Å². The van der Waals surface area contributed by atoms with Gasteiger partial charge >= 0.3 is 5.69 Å². The number of nitrogen functional groups attached to an aromatic ring is 1. The van der Waals surface area contributed by atoms with Crippen molar-refractivity contribution in [1.82, 2.24) is 29.0 Å². The predicted molar refractivity (Wildman–Crippen MR) is 134 cm³/mol. The van der Waals surface area contributed by atoms with Crippen LogP contribution < -0.4 is 11.4 Å². The average molecular weight is 558 g/mol. The number of nitrogens with two attached hydrogens (primary N) is 1. The first-order valence-corrected chi connectivity index (χ1v) is 12.0. The summed E-state index contributed by atoms with van der Waals surface area (Å²) in [5, 5.41) is 0.194. The van der Waals surface area contributed by atoms with Crippen LogP contribution in [0.25, 0.3) is 11.2 Å². The highest BCUT2D eigenvalue weighted by molar-refractivity contribution is 14.1. The molecule has 0 bridgehead atoms. The molecule has 0 spiro atoms. The second-order valence-corrected chi connectivity index (χ2v) is 9.17. The molecule has 10 heteroatoms. The van der Waals surface area contributed by atoms with Gasteiger partial charge in [-0.1, -0.05) is 25.4 Å². The Morgan fingerprint density at radius 2 is 1.81 bits per heavy atom. The number of anilines is 1. The lowest BCUT2D eigenvalue weighted by Gasteiger charge is -2.20. The molecule has 8 nitrogen and oxygen atoms in total. The van der Waals surface area contributed by atoms with E-state index in [0.717, 1.165) is 52.9 Å². The Labute approximate surface area is 201 Å². The van der Waals surface area contributed by atoms with Crippen LogP contribution in [0.2, 0.25) is 5.15 Å². The maximum Gasteiger partial charge on any atom is 0.330 e. The molecule has 0 amide bonds. The molecule has 0 fully saturated rings. The molecule has 3 aromatic rings. The van der Waals surface area contributed by atoms with Gasteiger partial charge in [-0.05, 0) is 73.5 Å². The molecule has 3 rings (SSSR count). The van der Waals surface area contributed by atoms with Crippen LogP contribution in [0.5, 0.6) is 0 Å². The van der Waals surface area contributed by atoms with Gasteiger partial charge < -0.3 is 10.6 Å². The molecular weight excluding hydrogens is 529 g/mol. The smallest absolute Gasteiger partial charge is 0.330 e. The maximum atomic E-state index is 13.5. The van der Waals surface area contributed by atoms with Crippen LogP contribution >= 0.6 is 34.2 Å². The van der Waals surface area contributed by atoms with Gasteiger partial charge in [0.1, 0.15) is 5.52 Å². The number of rotatable bonds is 9. The molecule has 0 saturated carbocycles. The zero-order chi connectivity index (χ0) is 22.7. The molecular formula is C21H29ClIN7O. The van der Waals surface area contributed by atoms with E-state index < -0.39 is 0 Å². The van der Waals surface area contributed by atoms with Gasteiger partial charge in [-0.25, -0.2) is 4.79 Å². The Hall–Kier alpha value is -1.72. The molecule has 0 saturated heterocycles. The van der Waals surface area contributed by atoms with E-state index in [-0.39, 0.29) is 16.8 Å². The fourth-order valence-electron chi connectivity index (χ4n) is 3.80. The van der Waals surface area contributed by atoms with E-state index in [1.807, 2.05) is 20.0 Å². The zero-order valence-corrected chi connectivity index (χ0v) is 21.4. The van der Waals surface area contributed by atoms with Crippen LogP contribution in [0.4, 0.5) is 5.95 Å². The topological polar surface area (TPSA) is 94.9 Å². The fourth-order valence-corrected chi connectivity index (χ4v) is 4.53. The summed E-state index contributed by atoms with van der Waals surface area (Å²) in [6.07, 6.45) is 3.96. The van der Waals surface area contributed by atoms with Crippen molar-refractivity contribution in [3.05, 3.63) is 42.2 Å². The molecule has 2 N–H and O–H groups in total. The van der Waals surface area contributed by atoms with Crippen LogP contribution in [0.1, 0.15) is 43.5 Å². The summed E-state index contributed by atoms with van der Waals surface area (Å²) < 4.78 is 4.41. The van der Waals surface area contributed by atoms with Crippen molar-refractivity contribution < 1.29 is 0 Å². The highest BCUT2D eigenvalue weighted by Gasteiger charge is 2.21. The first-order chi connectivity index (χ1) is 14.8. The van der Waals surface area contributed by atoms with Gasteiger partial charge in [0.15, 0.2) is 10.8 Å². The number of pyridine rings is 1. The van der Waals surface area contributed by atoms with Gasteiger partial charge in [0.25, 0.3) is 0 Å². The second kappa shape index (κ2) is 10.3. The molecule has 0 radical (unpaired) electrons. The number of nitrogens with zero attached hydrogens (tertiary/aromatic N) is 6. The van der Waals surface area contributed by atoms with Gasteiger partial charge in [0.2, 0.25) is 5.95 Å². The molecule has 168 valence electrons. The van der Waals surface area contributed by atoms with Gasteiger partial charge in [0.05, 0.1) is 12.2 Å². The minimum Gasteiger partial charge on any atom is -0.368 e. The third kappa shape index (κ3) is 5.04. The third-order valence-corrected chi connectivity index (χ3v) is 7.30. The standard InChI is InChI=1S/C21H29ClIN7O/c1-5-7-28(8-6-2)9-10-29-17-18(22)26-20(24)27-19(17)30(21(29)31)12-15-14(4)16(23)13(3)11-25-15/h11H,5-10,12H2,1-4H3,(H2,24,26,27). The minimum absolute atomic E-state index is 0.0464. The summed E-state index contributed by atoms with van der Waals surface area (Å²) in [6.45, 7) is 11.9. The number of imidazole rings is 1. The molecule has 0 aromatic carbocycles. The largest absolute Gasteiger partial charge is 0.368 e. The molecule has 3 heterocycles. The van der Waals surface area contributed by atoms with Crippen LogP contribution in [0.3, 0.4) is 0 Å². The minimum atomic E-state index is -0.179. The van der Waals surface area contributed by atoms with Crippen molar-refractivity contribution in [2.24, 2.45) is 0 Å². The third-order valence-electron chi connectivity index (χ3n) is 5.38. The Balaban J connectivity index is 2.07. The van der Waals surface area contributed by atoms with Crippen molar-refractivity contribution in [3.8, 4) is 0 Å². The van der Waals surface area contributed by atoms with E-state index in [0.29, 0.717) is 24.3 Å². The van der Waals surface area contributed by atoms with E-state index in [9.17, 15) is 4.79 Å². The van der Waals surface area contributed by atoms with E-state index in [2.05, 4.69) is 56.3 Å². The number of hydrogen-bond acceptors (Lipinski definition) is 6. The average Bonchev–Trinajstić information content (AvgIpc) is 2.98. The number of hydrogen-bond donors (Lipinski definition) is 1. The van der Waals surface area contributed by atoms with Gasteiger partial charge in [-0.15, -0.1) is 0 Å². The van der Waals surface area contributed by atoms with Crippen LogP contribution in [0, 0.1) is 17.4 Å². The molecule has 0 unspecified atom stereocenters. The summed E-state index contributed by atoms with van der Waals surface area (Å²) >= 11 is 8.75. The van der Waals surface area contributed by atoms with Crippen LogP contribution in [-0.2, 0) is 13.1 Å². The Bertz CT molecular complexity index is 1140. The van der Waals surface area contributed by atoms with Gasteiger partial charge in [0, 0.05) is 22.9 Å². The monoisotopic (exact) mass is 557 g/mol. The number of fused-ring (bicyclic) bond motifs is 1. The molecule has 0 aliphatic heterocycles. The quantitative estimate of drug-likeness (QED) is 0.319. The van der Waals surface area contributed by atoms with E-state index >= 15 is 0 Å². The normalized spacial score (nSPS) is 11.7. The van der Waals surface area contributed by atoms with Crippen molar-refractivity contribution >= 4 is 51.3 Å². The van der Waals surface area contributed by atoms with Crippen molar-refractivity contribution in [2.75, 3.05) is 25.4 Å². The van der Waals surface area contributed by atoms with Crippen molar-refractivity contribution in [1.29, 1.82) is 0 Å². The second-order valence-electron chi connectivity index (χ2n) is 7.73. The Morgan fingerprint density at radius 1 is 1.13 bits per heavy atom. The fraction of sp³-hybridized carbons (Fsp3) is 0.524. The number of aryl methyl sites for hydroxylation is 1. The molecule has 0 aliphatic rings.